The van der Waals surface area contributed by atoms with Gasteiger partial charge in [0.25, 0.3) is 0 Å². The first-order chi connectivity index (χ1) is 16.5. The van der Waals surface area contributed by atoms with Crippen molar-refractivity contribution in [3.05, 3.63) is 77.6 Å². The van der Waals surface area contributed by atoms with Gasteiger partial charge >= 0.3 is 7.60 Å². The molecule has 0 radical (unpaired) electrons. The van der Waals surface area contributed by atoms with Crippen LogP contribution in [0.25, 0.3) is 27.9 Å². The van der Waals surface area contributed by atoms with Crippen LogP contribution < -0.4 is 9.47 Å². The molecule has 0 aliphatic rings. The second-order valence-electron chi connectivity index (χ2n) is 7.79. The lowest BCUT2D eigenvalue weighted by molar-refractivity contribution is 0.229. The zero-order valence-electron chi connectivity index (χ0n) is 20.0. The monoisotopic (exact) mass is 479 g/mol. The van der Waals surface area contributed by atoms with E-state index in [0.29, 0.717) is 19.8 Å². The van der Waals surface area contributed by atoms with Crippen LogP contribution in [0.2, 0.25) is 0 Å². The maximum atomic E-state index is 12.7. The summed E-state index contributed by atoms with van der Waals surface area (Å²) in [6.45, 7) is 4.97. The van der Waals surface area contributed by atoms with Gasteiger partial charge in [0.15, 0.2) is 0 Å². The Kier molecular flexibility index (Phi) is 7.42. The minimum absolute atomic E-state index is 0.330. The number of hydrogen-bond donors (Lipinski definition) is 0. The highest BCUT2D eigenvalue weighted by Crippen LogP contribution is 2.50. The summed E-state index contributed by atoms with van der Waals surface area (Å²) < 4.78 is 36.5. The van der Waals surface area contributed by atoms with Crippen molar-refractivity contribution in [3.63, 3.8) is 0 Å². The predicted octanol–water partition coefficient (Wildman–Crippen LogP) is 7.10. The molecule has 4 aromatic rings. The average Bonchev–Trinajstić information content (AvgIpc) is 3.16. The minimum atomic E-state index is -3.22. The highest BCUT2D eigenvalue weighted by Gasteiger charge is 2.18. The first-order valence-corrected chi connectivity index (χ1v) is 12.9. The Labute approximate surface area is 200 Å². The number of fused-ring (bicyclic) bond motifs is 3. The largest absolute Gasteiger partial charge is 0.497 e. The van der Waals surface area contributed by atoms with Gasteiger partial charge in [-0.3, -0.25) is 4.57 Å². The molecule has 7 heteroatoms. The molecule has 0 fully saturated rings. The van der Waals surface area contributed by atoms with E-state index in [1.807, 2.05) is 24.3 Å². The number of ether oxygens (including phenoxy) is 2. The Balaban J connectivity index is 1.66. The molecule has 34 heavy (non-hydrogen) atoms. The van der Waals surface area contributed by atoms with Gasteiger partial charge in [0.1, 0.15) is 11.5 Å². The molecular weight excluding hydrogens is 449 g/mol. The lowest BCUT2D eigenvalue weighted by Crippen LogP contribution is -1.99. The summed E-state index contributed by atoms with van der Waals surface area (Å²) in [5.74, 6) is 3.17. The van der Waals surface area contributed by atoms with Gasteiger partial charge in [0.05, 0.1) is 27.4 Å². The topological polar surface area (TPSA) is 58.9 Å². The number of methoxy groups -OCH3 is 2. The predicted molar refractivity (Wildman–Crippen MR) is 138 cm³/mol. The van der Waals surface area contributed by atoms with E-state index in [1.54, 1.807) is 34.1 Å². The van der Waals surface area contributed by atoms with E-state index in [4.69, 9.17) is 18.5 Å². The van der Waals surface area contributed by atoms with Crippen LogP contribution in [0.3, 0.4) is 0 Å². The van der Waals surface area contributed by atoms with E-state index < -0.39 is 7.60 Å². The molecular formula is C27H30NO5P. The summed E-state index contributed by atoms with van der Waals surface area (Å²) in [7, 11) is 0.141. The molecule has 4 rings (SSSR count). The number of benzene rings is 3. The molecule has 1 heterocycles. The summed E-state index contributed by atoms with van der Waals surface area (Å²) in [5, 5.41) is 2.24. The second-order valence-corrected chi connectivity index (χ2v) is 9.68. The molecule has 178 valence electrons. The fraction of sp³-hybridized carbons (Fsp3) is 0.259. The zero-order chi connectivity index (χ0) is 24.1. The Morgan fingerprint density at radius 3 is 1.79 bits per heavy atom. The van der Waals surface area contributed by atoms with Crippen molar-refractivity contribution in [2.45, 2.75) is 20.4 Å². The highest BCUT2D eigenvalue weighted by atomic mass is 31.2. The SMILES string of the molecule is CCOP(=O)(/C=C/c1ccc(Cn2c3ccc(OC)cc3c3cc(OC)ccc32)cc1)OCC. The summed E-state index contributed by atoms with van der Waals surface area (Å²) >= 11 is 0. The first kappa shape index (κ1) is 24.1. The van der Waals surface area contributed by atoms with Gasteiger partial charge in [-0.25, -0.2) is 0 Å². The van der Waals surface area contributed by atoms with Crippen molar-refractivity contribution >= 4 is 35.5 Å². The summed E-state index contributed by atoms with van der Waals surface area (Å²) in [4.78, 5) is 0. The van der Waals surface area contributed by atoms with Crippen LogP contribution >= 0.6 is 7.60 Å². The molecule has 0 amide bonds. The number of nitrogens with zero attached hydrogens (tertiary/aromatic N) is 1. The van der Waals surface area contributed by atoms with Crippen molar-refractivity contribution in [2.75, 3.05) is 27.4 Å². The van der Waals surface area contributed by atoms with Gasteiger partial charge in [-0.05, 0) is 67.4 Å². The maximum Gasteiger partial charge on any atom is 0.354 e. The standard InChI is InChI=1S/C27H30NO5P/c1-5-32-34(29,33-6-2)16-15-20-7-9-21(10-8-20)19-28-26-13-11-22(30-3)17-24(26)25-18-23(31-4)12-14-27(25)28/h7-18H,5-6,19H2,1-4H3/b16-15+. The number of hydrogen-bond acceptors (Lipinski definition) is 5. The van der Waals surface area contributed by atoms with Crippen molar-refractivity contribution < 1.29 is 23.1 Å². The summed E-state index contributed by atoms with van der Waals surface area (Å²) in [6.07, 6.45) is 1.79. The van der Waals surface area contributed by atoms with E-state index in [1.165, 1.54) is 5.82 Å². The Hall–Kier alpha value is -3.05. The van der Waals surface area contributed by atoms with Crippen molar-refractivity contribution in [1.82, 2.24) is 4.57 Å². The molecule has 1 aromatic heterocycles. The van der Waals surface area contributed by atoms with Gasteiger partial charge in [0, 0.05) is 34.2 Å². The van der Waals surface area contributed by atoms with E-state index in [2.05, 4.69) is 41.0 Å². The second kappa shape index (κ2) is 10.5. The Bertz CT molecular complexity index is 1290. The van der Waals surface area contributed by atoms with Gasteiger partial charge in [-0.15, -0.1) is 0 Å². The van der Waals surface area contributed by atoms with Crippen molar-refractivity contribution in [3.8, 4) is 11.5 Å². The normalized spacial score (nSPS) is 12.1. The third-order valence-corrected chi connectivity index (χ3v) is 7.42. The molecule has 0 saturated heterocycles. The third kappa shape index (κ3) is 5.05. The molecule has 0 aliphatic heterocycles. The molecule has 0 N–H and O–H groups in total. The van der Waals surface area contributed by atoms with Crippen LogP contribution in [0.5, 0.6) is 11.5 Å². The molecule has 0 aliphatic carbocycles. The Morgan fingerprint density at radius 1 is 0.794 bits per heavy atom. The van der Waals surface area contributed by atoms with Crippen molar-refractivity contribution in [2.24, 2.45) is 0 Å². The maximum absolute atomic E-state index is 12.7. The van der Waals surface area contributed by atoms with E-state index in [0.717, 1.165) is 44.4 Å². The fourth-order valence-electron chi connectivity index (χ4n) is 4.06. The summed E-state index contributed by atoms with van der Waals surface area (Å²) in [5.41, 5.74) is 4.34. The average molecular weight is 480 g/mol. The van der Waals surface area contributed by atoms with Crippen LogP contribution in [0.15, 0.2) is 66.5 Å². The lowest BCUT2D eigenvalue weighted by Gasteiger charge is -2.12. The molecule has 6 nitrogen and oxygen atoms in total. The molecule has 3 aromatic carbocycles. The Morgan fingerprint density at radius 2 is 1.32 bits per heavy atom. The quantitative estimate of drug-likeness (QED) is 0.227. The van der Waals surface area contributed by atoms with Gasteiger partial charge in [0.2, 0.25) is 0 Å². The number of aromatic nitrogens is 1. The number of rotatable bonds is 10. The van der Waals surface area contributed by atoms with E-state index >= 15 is 0 Å². The first-order valence-electron chi connectivity index (χ1n) is 11.3. The fourth-order valence-corrected chi connectivity index (χ4v) is 5.39. The molecule has 0 bridgehead atoms. The van der Waals surface area contributed by atoms with Crippen LogP contribution in [0.4, 0.5) is 0 Å². The molecule has 0 saturated carbocycles. The molecule has 0 unspecified atom stereocenters. The van der Waals surface area contributed by atoms with Crippen LogP contribution in [-0.4, -0.2) is 32.0 Å². The summed E-state index contributed by atoms with van der Waals surface area (Å²) in [6, 6.07) is 20.5. The molecule has 0 spiro atoms. The van der Waals surface area contributed by atoms with Gasteiger partial charge in [-0.1, -0.05) is 24.3 Å². The van der Waals surface area contributed by atoms with Crippen LogP contribution in [0.1, 0.15) is 25.0 Å². The van der Waals surface area contributed by atoms with Gasteiger partial charge in [-0.2, -0.15) is 0 Å². The lowest BCUT2D eigenvalue weighted by atomic mass is 10.1. The van der Waals surface area contributed by atoms with Crippen molar-refractivity contribution in [1.29, 1.82) is 0 Å². The zero-order valence-corrected chi connectivity index (χ0v) is 20.9. The van der Waals surface area contributed by atoms with E-state index in [9.17, 15) is 4.57 Å². The highest BCUT2D eigenvalue weighted by molar-refractivity contribution is 7.57. The van der Waals surface area contributed by atoms with E-state index in [-0.39, 0.29) is 0 Å². The van der Waals surface area contributed by atoms with Gasteiger partial charge < -0.3 is 23.1 Å². The minimum Gasteiger partial charge on any atom is -0.497 e. The molecule has 0 atom stereocenters. The van der Waals surface area contributed by atoms with Crippen LogP contribution in [0, 0.1) is 0 Å². The van der Waals surface area contributed by atoms with Crippen LogP contribution in [-0.2, 0) is 20.2 Å². The third-order valence-electron chi connectivity index (χ3n) is 5.67. The smallest absolute Gasteiger partial charge is 0.354 e.